The Labute approximate surface area is 470 Å². The first-order valence-corrected chi connectivity index (χ1v) is 32.3. The van der Waals surface area contributed by atoms with Crippen LogP contribution in [0.15, 0.2) is 24.3 Å². The summed E-state index contributed by atoms with van der Waals surface area (Å²) >= 11 is 0. The van der Waals surface area contributed by atoms with E-state index < -0.39 is 67.3 Å². The van der Waals surface area contributed by atoms with Crippen LogP contribution in [0.4, 0.5) is 0 Å². The molecule has 0 amide bonds. The highest BCUT2D eigenvalue weighted by Gasteiger charge is 2.50. The molecule has 1 rings (SSSR count). The van der Waals surface area contributed by atoms with Crippen molar-refractivity contribution >= 4 is 23.9 Å². The van der Waals surface area contributed by atoms with E-state index in [1.165, 1.54) is 173 Å². The number of rotatable bonds is 56. The predicted molar refractivity (Wildman–Crippen MR) is 313 cm³/mol. The van der Waals surface area contributed by atoms with E-state index in [9.17, 15) is 34.5 Å². The summed E-state index contributed by atoms with van der Waals surface area (Å²) in [6.45, 7) is 6.01. The van der Waals surface area contributed by atoms with Gasteiger partial charge in [-0.3, -0.25) is 14.4 Å². The summed E-state index contributed by atoms with van der Waals surface area (Å²) in [6, 6.07) is 0. The van der Waals surface area contributed by atoms with E-state index in [-0.39, 0.29) is 25.9 Å². The van der Waals surface area contributed by atoms with Crippen molar-refractivity contribution in [3.8, 4) is 0 Å². The van der Waals surface area contributed by atoms with Crippen LogP contribution in [0.2, 0.25) is 0 Å². The van der Waals surface area contributed by atoms with E-state index in [1.807, 2.05) is 0 Å². The number of carboxylic acids is 1. The first-order valence-electron chi connectivity index (χ1n) is 32.3. The fourth-order valence-corrected chi connectivity index (χ4v) is 10.0. The molecule has 1 fully saturated rings. The van der Waals surface area contributed by atoms with Gasteiger partial charge in [0, 0.05) is 19.3 Å². The third kappa shape index (κ3) is 43.7. The molecule has 0 aromatic rings. The lowest BCUT2D eigenvalue weighted by Gasteiger charge is -2.40. The standard InChI is InChI=1S/C65H118O12/c1-4-7-10-13-16-19-22-25-27-29-31-34-36-39-42-45-48-51-57(66)73-54-56(75-58(67)52-49-46-43-40-38-35-32-30-28-26-23-20-17-14-11-8-5-2)55-74-65-63(61(70)60(69)62(77-65)64(71)72)76-59(68)53-50-47-44-41-37-33-24-21-18-15-12-9-6-3/h21,24-25,27,56,60-63,65,69-70H,4-20,22-23,26,28-55H2,1-3H3,(H,71,72)/b24-21-,27-25-. The molecule has 3 N–H and O–H groups in total. The highest BCUT2D eigenvalue weighted by Crippen LogP contribution is 2.27. The molecule has 1 heterocycles. The van der Waals surface area contributed by atoms with Gasteiger partial charge in [-0.1, -0.05) is 251 Å². The van der Waals surface area contributed by atoms with Gasteiger partial charge in [-0.05, 0) is 70.6 Å². The van der Waals surface area contributed by atoms with Gasteiger partial charge in [0.25, 0.3) is 0 Å². The average molecular weight is 1090 g/mol. The minimum absolute atomic E-state index is 0.0545. The lowest BCUT2D eigenvalue weighted by atomic mass is 9.98. The Morgan fingerprint density at radius 1 is 0.416 bits per heavy atom. The first-order chi connectivity index (χ1) is 37.6. The number of hydrogen-bond donors (Lipinski definition) is 3. The third-order valence-electron chi connectivity index (χ3n) is 15.0. The largest absolute Gasteiger partial charge is 0.479 e. The summed E-state index contributed by atoms with van der Waals surface area (Å²) in [6.07, 6.45) is 50.0. The van der Waals surface area contributed by atoms with E-state index in [2.05, 4.69) is 45.1 Å². The summed E-state index contributed by atoms with van der Waals surface area (Å²) in [5.74, 6) is -3.10. The molecule has 0 aliphatic carbocycles. The predicted octanol–water partition coefficient (Wildman–Crippen LogP) is 17.0. The molecular weight excluding hydrogens is 973 g/mol. The van der Waals surface area contributed by atoms with Crippen molar-refractivity contribution in [1.82, 2.24) is 0 Å². The maximum Gasteiger partial charge on any atom is 0.335 e. The fraction of sp³-hybridized carbons (Fsp3) is 0.877. The Hall–Kier alpha value is -2.80. The van der Waals surface area contributed by atoms with Crippen LogP contribution < -0.4 is 0 Å². The number of esters is 3. The number of aliphatic carboxylic acids is 1. The van der Waals surface area contributed by atoms with E-state index in [0.29, 0.717) is 19.3 Å². The van der Waals surface area contributed by atoms with Crippen LogP contribution >= 0.6 is 0 Å². The van der Waals surface area contributed by atoms with Gasteiger partial charge in [-0.15, -0.1) is 0 Å². The lowest BCUT2D eigenvalue weighted by molar-refractivity contribution is -0.301. The molecule has 6 atom stereocenters. The summed E-state index contributed by atoms with van der Waals surface area (Å²) in [7, 11) is 0. The SMILES string of the molecule is CCCCCC/C=C\CCCCCCCC(=O)OC1C(OCC(COC(=O)CCCCCCCCC/C=C\CCCCCCCC)OC(=O)CCCCCCCCCCCCCCCCCCC)OC(C(=O)O)C(O)C1O. The molecule has 6 unspecified atom stereocenters. The maximum absolute atomic E-state index is 13.2. The number of ether oxygens (including phenoxy) is 5. The molecule has 0 radical (unpaired) electrons. The Kier molecular flexibility index (Phi) is 50.5. The molecule has 0 bridgehead atoms. The van der Waals surface area contributed by atoms with Crippen LogP contribution in [0.5, 0.6) is 0 Å². The Morgan fingerprint density at radius 3 is 1.12 bits per heavy atom. The first kappa shape index (κ1) is 72.2. The molecule has 1 aliphatic rings. The topological polar surface area (TPSA) is 175 Å². The van der Waals surface area contributed by atoms with Crippen LogP contribution in [-0.4, -0.2) is 89.2 Å². The van der Waals surface area contributed by atoms with Crippen molar-refractivity contribution in [2.45, 2.75) is 353 Å². The monoisotopic (exact) mass is 1090 g/mol. The molecule has 12 nitrogen and oxygen atoms in total. The molecule has 0 aromatic heterocycles. The van der Waals surface area contributed by atoms with Gasteiger partial charge < -0.3 is 39.0 Å². The van der Waals surface area contributed by atoms with Crippen molar-refractivity contribution in [2.24, 2.45) is 0 Å². The Morgan fingerprint density at radius 2 is 0.740 bits per heavy atom. The van der Waals surface area contributed by atoms with Gasteiger partial charge in [0.2, 0.25) is 0 Å². The summed E-state index contributed by atoms with van der Waals surface area (Å²) in [5.41, 5.74) is 0. The second-order valence-corrected chi connectivity index (χ2v) is 22.4. The quantitative estimate of drug-likeness (QED) is 0.0228. The van der Waals surface area contributed by atoms with Crippen LogP contribution in [0, 0.1) is 0 Å². The minimum atomic E-state index is -1.90. The third-order valence-corrected chi connectivity index (χ3v) is 15.0. The molecule has 1 aliphatic heterocycles. The number of carboxylic acid groups (broad SMARTS) is 1. The van der Waals surface area contributed by atoms with Crippen molar-refractivity contribution in [2.75, 3.05) is 13.2 Å². The van der Waals surface area contributed by atoms with Crippen molar-refractivity contribution in [1.29, 1.82) is 0 Å². The Balaban J connectivity index is 2.65. The van der Waals surface area contributed by atoms with Gasteiger partial charge in [0.15, 0.2) is 24.6 Å². The van der Waals surface area contributed by atoms with Crippen LogP contribution in [0.3, 0.4) is 0 Å². The van der Waals surface area contributed by atoms with E-state index in [0.717, 1.165) is 83.5 Å². The molecule has 450 valence electrons. The zero-order valence-electron chi connectivity index (χ0n) is 49.7. The number of allylic oxidation sites excluding steroid dienone is 4. The molecule has 0 saturated carbocycles. The van der Waals surface area contributed by atoms with Crippen molar-refractivity contribution < 1.29 is 58.2 Å². The average Bonchev–Trinajstić information content (AvgIpc) is 3.42. The summed E-state index contributed by atoms with van der Waals surface area (Å²) in [5, 5.41) is 31.5. The van der Waals surface area contributed by atoms with Crippen LogP contribution in [-0.2, 0) is 42.9 Å². The van der Waals surface area contributed by atoms with Gasteiger partial charge >= 0.3 is 23.9 Å². The number of unbranched alkanes of at least 4 members (excludes halogenated alkanes) is 38. The molecular formula is C65H118O12. The van der Waals surface area contributed by atoms with E-state index >= 15 is 0 Å². The van der Waals surface area contributed by atoms with Crippen molar-refractivity contribution in [3.05, 3.63) is 24.3 Å². The molecule has 12 heteroatoms. The number of aliphatic hydroxyl groups is 2. The number of carbonyl (C=O) groups excluding carboxylic acids is 3. The van der Waals surface area contributed by atoms with Crippen LogP contribution in [0.25, 0.3) is 0 Å². The minimum Gasteiger partial charge on any atom is -0.479 e. The molecule has 77 heavy (non-hydrogen) atoms. The molecule has 0 spiro atoms. The molecule has 0 aromatic carbocycles. The summed E-state index contributed by atoms with van der Waals surface area (Å²) < 4.78 is 28.5. The highest BCUT2D eigenvalue weighted by molar-refractivity contribution is 5.74. The number of carbonyl (C=O) groups is 4. The second-order valence-electron chi connectivity index (χ2n) is 22.4. The van der Waals surface area contributed by atoms with Crippen LogP contribution in [0.1, 0.15) is 316 Å². The highest BCUT2D eigenvalue weighted by atomic mass is 16.7. The Bertz CT molecular complexity index is 1430. The zero-order valence-corrected chi connectivity index (χ0v) is 49.7. The van der Waals surface area contributed by atoms with Crippen molar-refractivity contribution in [3.63, 3.8) is 0 Å². The lowest BCUT2D eigenvalue weighted by Crippen LogP contribution is -2.61. The second kappa shape index (κ2) is 53.8. The van der Waals surface area contributed by atoms with Gasteiger partial charge in [0.05, 0.1) is 6.61 Å². The zero-order chi connectivity index (χ0) is 56.1. The summed E-state index contributed by atoms with van der Waals surface area (Å²) in [4.78, 5) is 51.2. The smallest absolute Gasteiger partial charge is 0.335 e. The van der Waals surface area contributed by atoms with Gasteiger partial charge in [-0.25, -0.2) is 4.79 Å². The fourth-order valence-electron chi connectivity index (χ4n) is 10.0. The van der Waals surface area contributed by atoms with Gasteiger partial charge in [-0.2, -0.15) is 0 Å². The maximum atomic E-state index is 13.2. The van der Waals surface area contributed by atoms with Gasteiger partial charge in [0.1, 0.15) is 18.8 Å². The number of aliphatic hydroxyl groups excluding tert-OH is 2. The number of hydrogen-bond acceptors (Lipinski definition) is 11. The normalized spacial score (nSPS) is 18.1. The van der Waals surface area contributed by atoms with E-state index in [1.54, 1.807) is 0 Å². The van der Waals surface area contributed by atoms with E-state index in [4.69, 9.17) is 23.7 Å². The molecule has 1 saturated heterocycles.